The molecule has 0 aliphatic heterocycles. The van der Waals surface area contributed by atoms with Crippen LogP contribution in [-0.2, 0) is 17.6 Å². The van der Waals surface area contributed by atoms with E-state index in [4.69, 9.17) is 5.11 Å². The van der Waals surface area contributed by atoms with Crippen molar-refractivity contribution in [3.63, 3.8) is 0 Å². The van der Waals surface area contributed by atoms with Crippen LogP contribution in [0.2, 0.25) is 0 Å². The number of carbonyl (C=O) groups is 1. The number of aliphatic hydroxyl groups excluding tert-OH is 1. The molecule has 0 saturated heterocycles. The topological polar surface area (TPSA) is 69.6 Å². The number of aryl methyl sites for hydroxylation is 2. The first kappa shape index (κ1) is 16.0. The summed E-state index contributed by atoms with van der Waals surface area (Å²) < 4.78 is 0. The SMILES string of the molecule is CCC(NCCC(O)c1ccc2c(c1)CCCC2)C(=O)O. The monoisotopic (exact) mass is 291 g/mol. The molecule has 0 aromatic heterocycles. The third-order valence-corrected chi connectivity index (χ3v) is 4.27. The summed E-state index contributed by atoms with van der Waals surface area (Å²) in [7, 11) is 0. The molecule has 21 heavy (non-hydrogen) atoms. The van der Waals surface area contributed by atoms with Crippen molar-refractivity contribution in [1.82, 2.24) is 5.32 Å². The fourth-order valence-corrected chi connectivity index (χ4v) is 2.93. The molecule has 2 unspecified atom stereocenters. The summed E-state index contributed by atoms with van der Waals surface area (Å²) in [5.41, 5.74) is 3.72. The average molecular weight is 291 g/mol. The van der Waals surface area contributed by atoms with E-state index in [0.29, 0.717) is 19.4 Å². The molecule has 1 aliphatic carbocycles. The Labute approximate surface area is 126 Å². The number of carboxylic acids is 1. The van der Waals surface area contributed by atoms with Crippen LogP contribution in [0.25, 0.3) is 0 Å². The molecule has 0 spiro atoms. The maximum atomic E-state index is 10.9. The quantitative estimate of drug-likeness (QED) is 0.721. The predicted octanol–water partition coefficient (Wildman–Crippen LogP) is 2.44. The standard InChI is InChI=1S/C17H25NO3/c1-2-15(17(20)21)18-10-9-16(19)14-8-7-12-5-3-4-6-13(12)11-14/h7-8,11,15-16,18-19H,2-6,9-10H2,1H3,(H,20,21). The number of aliphatic carboxylic acids is 1. The molecule has 0 heterocycles. The zero-order valence-electron chi connectivity index (χ0n) is 12.6. The molecule has 4 heteroatoms. The summed E-state index contributed by atoms with van der Waals surface area (Å²) in [4.78, 5) is 10.9. The number of fused-ring (bicyclic) bond motifs is 1. The Hall–Kier alpha value is -1.39. The maximum Gasteiger partial charge on any atom is 0.320 e. The molecule has 116 valence electrons. The van der Waals surface area contributed by atoms with E-state index in [1.807, 2.05) is 13.0 Å². The Balaban J connectivity index is 1.88. The predicted molar refractivity (Wildman–Crippen MR) is 82.4 cm³/mol. The van der Waals surface area contributed by atoms with Gasteiger partial charge in [-0.3, -0.25) is 4.79 Å². The molecular weight excluding hydrogens is 266 g/mol. The number of aliphatic hydroxyl groups is 1. The highest BCUT2D eigenvalue weighted by atomic mass is 16.4. The molecule has 1 aromatic carbocycles. The zero-order valence-corrected chi connectivity index (χ0v) is 12.6. The van der Waals surface area contributed by atoms with E-state index >= 15 is 0 Å². The number of hydrogen-bond donors (Lipinski definition) is 3. The van der Waals surface area contributed by atoms with Crippen molar-refractivity contribution < 1.29 is 15.0 Å². The molecule has 0 saturated carbocycles. The van der Waals surface area contributed by atoms with Gasteiger partial charge < -0.3 is 15.5 Å². The second-order valence-corrected chi connectivity index (χ2v) is 5.79. The molecular formula is C17H25NO3. The summed E-state index contributed by atoms with van der Waals surface area (Å²) >= 11 is 0. The Morgan fingerprint density at radius 2 is 2.00 bits per heavy atom. The van der Waals surface area contributed by atoms with Gasteiger partial charge in [-0.25, -0.2) is 0 Å². The lowest BCUT2D eigenvalue weighted by Gasteiger charge is -2.19. The molecule has 0 fully saturated rings. The lowest BCUT2D eigenvalue weighted by Crippen LogP contribution is -2.37. The minimum atomic E-state index is -0.833. The van der Waals surface area contributed by atoms with Crippen molar-refractivity contribution >= 4 is 5.97 Å². The van der Waals surface area contributed by atoms with Crippen LogP contribution in [0.4, 0.5) is 0 Å². The average Bonchev–Trinajstić information content (AvgIpc) is 2.50. The third kappa shape index (κ3) is 4.29. The lowest BCUT2D eigenvalue weighted by molar-refractivity contribution is -0.139. The second-order valence-electron chi connectivity index (χ2n) is 5.79. The number of carboxylic acid groups (broad SMARTS) is 1. The van der Waals surface area contributed by atoms with Gasteiger partial charge >= 0.3 is 5.97 Å². The van der Waals surface area contributed by atoms with Crippen LogP contribution < -0.4 is 5.32 Å². The largest absolute Gasteiger partial charge is 0.480 e. The summed E-state index contributed by atoms with van der Waals surface area (Å²) in [6.45, 7) is 2.34. The summed E-state index contributed by atoms with van der Waals surface area (Å²) in [5.74, 6) is -0.833. The molecule has 2 atom stereocenters. The summed E-state index contributed by atoms with van der Waals surface area (Å²) in [6, 6.07) is 5.73. The fourth-order valence-electron chi connectivity index (χ4n) is 2.93. The van der Waals surface area contributed by atoms with Crippen LogP contribution in [0.15, 0.2) is 18.2 Å². The molecule has 3 N–H and O–H groups in total. The van der Waals surface area contributed by atoms with Crippen molar-refractivity contribution in [1.29, 1.82) is 0 Å². The summed E-state index contributed by atoms with van der Waals surface area (Å²) in [5, 5.41) is 22.2. The molecule has 1 aromatic rings. The van der Waals surface area contributed by atoms with Crippen molar-refractivity contribution in [3.05, 3.63) is 34.9 Å². The Kier molecular flexibility index (Phi) is 5.76. The van der Waals surface area contributed by atoms with Gasteiger partial charge in [-0.05, 0) is 61.8 Å². The van der Waals surface area contributed by atoms with Gasteiger partial charge in [0, 0.05) is 0 Å². The highest BCUT2D eigenvalue weighted by molar-refractivity contribution is 5.73. The number of nitrogens with one attached hydrogen (secondary N) is 1. The van der Waals surface area contributed by atoms with E-state index in [2.05, 4.69) is 17.4 Å². The van der Waals surface area contributed by atoms with E-state index in [0.717, 1.165) is 18.4 Å². The van der Waals surface area contributed by atoms with E-state index in [1.165, 1.54) is 24.0 Å². The molecule has 0 amide bonds. The smallest absolute Gasteiger partial charge is 0.320 e. The van der Waals surface area contributed by atoms with Crippen molar-refractivity contribution in [2.75, 3.05) is 6.54 Å². The minimum absolute atomic E-state index is 0.503. The minimum Gasteiger partial charge on any atom is -0.480 e. The van der Waals surface area contributed by atoms with E-state index in [1.54, 1.807) is 0 Å². The number of benzene rings is 1. The van der Waals surface area contributed by atoms with Gasteiger partial charge in [0.15, 0.2) is 0 Å². The highest BCUT2D eigenvalue weighted by Gasteiger charge is 2.16. The molecule has 4 nitrogen and oxygen atoms in total. The van der Waals surface area contributed by atoms with Crippen molar-refractivity contribution in [2.45, 2.75) is 57.6 Å². The first-order valence-electron chi connectivity index (χ1n) is 7.87. The number of hydrogen-bond acceptors (Lipinski definition) is 3. The van der Waals surface area contributed by atoms with Crippen LogP contribution in [-0.4, -0.2) is 28.8 Å². The molecule has 0 bridgehead atoms. The Morgan fingerprint density at radius 3 is 2.67 bits per heavy atom. The number of rotatable bonds is 7. The van der Waals surface area contributed by atoms with Gasteiger partial charge in [0.1, 0.15) is 6.04 Å². The van der Waals surface area contributed by atoms with Crippen molar-refractivity contribution in [2.24, 2.45) is 0 Å². The van der Waals surface area contributed by atoms with E-state index in [-0.39, 0.29) is 0 Å². The fraction of sp³-hybridized carbons (Fsp3) is 0.588. The Bertz CT molecular complexity index is 487. The van der Waals surface area contributed by atoms with Gasteiger partial charge in [-0.1, -0.05) is 25.1 Å². The van der Waals surface area contributed by atoms with Gasteiger partial charge in [-0.2, -0.15) is 0 Å². The highest BCUT2D eigenvalue weighted by Crippen LogP contribution is 2.25. The van der Waals surface area contributed by atoms with Crippen LogP contribution in [0.5, 0.6) is 0 Å². The van der Waals surface area contributed by atoms with Crippen LogP contribution in [0, 0.1) is 0 Å². The molecule has 0 radical (unpaired) electrons. The van der Waals surface area contributed by atoms with E-state index < -0.39 is 18.1 Å². The Morgan fingerprint density at radius 1 is 1.29 bits per heavy atom. The van der Waals surface area contributed by atoms with Crippen molar-refractivity contribution in [3.8, 4) is 0 Å². The third-order valence-electron chi connectivity index (χ3n) is 4.27. The first-order chi connectivity index (χ1) is 10.1. The normalized spacial score (nSPS) is 17.0. The molecule has 2 rings (SSSR count). The maximum absolute atomic E-state index is 10.9. The molecule has 1 aliphatic rings. The van der Waals surface area contributed by atoms with Gasteiger partial charge in [0.25, 0.3) is 0 Å². The summed E-state index contributed by atoms with van der Waals surface area (Å²) in [6.07, 6.45) is 5.27. The van der Waals surface area contributed by atoms with Crippen LogP contribution >= 0.6 is 0 Å². The zero-order chi connectivity index (χ0) is 15.2. The van der Waals surface area contributed by atoms with Crippen LogP contribution in [0.1, 0.15) is 55.4 Å². The van der Waals surface area contributed by atoms with Gasteiger partial charge in [0.05, 0.1) is 6.10 Å². The van der Waals surface area contributed by atoms with Gasteiger partial charge in [0.2, 0.25) is 0 Å². The lowest BCUT2D eigenvalue weighted by atomic mass is 9.89. The van der Waals surface area contributed by atoms with Gasteiger partial charge in [-0.15, -0.1) is 0 Å². The first-order valence-corrected chi connectivity index (χ1v) is 7.87. The van der Waals surface area contributed by atoms with Crippen LogP contribution in [0.3, 0.4) is 0 Å². The second kappa shape index (κ2) is 7.57. The van der Waals surface area contributed by atoms with E-state index in [9.17, 15) is 9.90 Å².